The molecule has 10 heteroatoms. The summed E-state index contributed by atoms with van der Waals surface area (Å²) in [7, 11) is -2.59. The third-order valence-corrected chi connectivity index (χ3v) is 6.77. The highest BCUT2D eigenvalue weighted by Gasteiger charge is 2.30. The molecule has 0 atom stereocenters. The van der Waals surface area contributed by atoms with Gasteiger partial charge in [0.05, 0.1) is 12.0 Å². The Hall–Kier alpha value is -4.05. The molecule has 0 fully saturated rings. The van der Waals surface area contributed by atoms with E-state index in [2.05, 4.69) is 10.3 Å². The molecule has 0 unspecified atom stereocenters. The molecule has 0 bridgehead atoms. The predicted octanol–water partition coefficient (Wildman–Crippen LogP) is 4.84. The van der Waals surface area contributed by atoms with Gasteiger partial charge in [-0.15, -0.1) is 0 Å². The molecule has 1 aliphatic rings. The lowest BCUT2D eigenvalue weighted by Crippen LogP contribution is -2.16. The van der Waals surface area contributed by atoms with E-state index in [9.17, 15) is 12.8 Å². The van der Waals surface area contributed by atoms with E-state index in [0.29, 0.717) is 41.7 Å². The van der Waals surface area contributed by atoms with E-state index in [1.54, 1.807) is 37.4 Å². The number of sulfone groups is 1. The number of nitrogens with one attached hydrogen (secondary N) is 1. The molecule has 0 amide bonds. The molecule has 0 saturated heterocycles. The summed E-state index contributed by atoms with van der Waals surface area (Å²) in [6, 6.07) is 16.6. The molecule has 1 aromatic heterocycles. The van der Waals surface area contributed by atoms with Gasteiger partial charge in [0.1, 0.15) is 24.8 Å². The van der Waals surface area contributed by atoms with E-state index in [1.165, 1.54) is 36.4 Å². The summed E-state index contributed by atoms with van der Waals surface area (Å²) in [5.74, 6) is 0.940. The highest BCUT2D eigenvalue weighted by molar-refractivity contribution is 7.91. The molecule has 0 aliphatic carbocycles. The second-order valence-corrected chi connectivity index (χ2v) is 9.19. The Bertz CT molecular complexity index is 1430. The first-order chi connectivity index (χ1) is 16.4. The number of hydrogen-bond acceptors (Lipinski definition) is 8. The van der Waals surface area contributed by atoms with Gasteiger partial charge in [-0.25, -0.2) is 12.8 Å². The highest BCUT2D eigenvalue weighted by Crippen LogP contribution is 2.38. The van der Waals surface area contributed by atoms with Crippen molar-refractivity contribution in [3.05, 3.63) is 72.5 Å². The zero-order valence-electron chi connectivity index (χ0n) is 17.9. The fourth-order valence-corrected chi connectivity index (χ4v) is 4.66. The van der Waals surface area contributed by atoms with Gasteiger partial charge in [0, 0.05) is 17.3 Å². The number of aromatic nitrogens is 1. The van der Waals surface area contributed by atoms with E-state index in [4.69, 9.17) is 18.6 Å². The minimum Gasteiger partial charge on any atom is -0.497 e. The number of oxazole rings is 1. The van der Waals surface area contributed by atoms with Crippen LogP contribution in [0.2, 0.25) is 0 Å². The molecule has 8 nitrogen and oxygen atoms in total. The van der Waals surface area contributed by atoms with Crippen molar-refractivity contribution in [1.29, 1.82) is 0 Å². The molecular formula is C24H19FN2O6S. The average Bonchev–Trinajstić information content (AvgIpc) is 3.29. The number of nitrogens with zero attached hydrogens (tertiary/aromatic N) is 1. The molecule has 4 aromatic rings. The molecule has 0 spiro atoms. The Morgan fingerprint density at radius 1 is 0.941 bits per heavy atom. The zero-order chi connectivity index (χ0) is 23.7. The Kier molecular flexibility index (Phi) is 5.58. The fraction of sp³-hybridized carbons (Fsp3) is 0.125. The lowest BCUT2D eigenvalue weighted by Gasteiger charge is -2.18. The van der Waals surface area contributed by atoms with E-state index < -0.39 is 15.7 Å². The summed E-state index contributed by atoms with van der Waals surface area (Å²) >= 11 is 0. The first kappa shape index (κ1) is 21.8. The first-order valence-electron chi connectivity index (χ1n) is 10.3. The number of methoxy groups -OCH3 is 1. The Morgan fingerprint density at radius 2 is 1.65 bits per heavy atom. The van der Waals surface area contributed by atoms with Gasteiger partial charge >= 0.3 is 0 Å². The molecule has 174 valence electrons. The standard InChI is InChI=1S/C24H19FN2O6S/c1-30-18-8-6-17(7-9-18)26-23-24(27-22(33-23)15-2-4-16(25)5-3-15)34(28,29)19-10-11-20-21(14-19)32-13-12-31-20/h2-11,14,26H,12-13H2,1H3. The number of rotatable bonds is 6. The maximum absolute atomic E-state index is 13.6. The predicted molar refractivity (Wildman–Crippen MR) is 121 cm³/mol. The van der Waals surface area contributed by atoms with Crippen molar-refractivity contribution in [3.8, 4) is 28.7 Å². The van der Waals surface area contributed by atoms with Crippen LogP contribution in [0.1, 0.15) is 0 Å². The SMILES string of the molecule is COc1ccc(Nc2oc(-c3ccc(F)cc3)nc2S(=O)(=O)c2ccc3c(c2)OCCO3)cc1. The number of fused-ring (bicyclic) bond motifs is 1. The zero-order valence-corrected chi connectivity index (χ0v) is 18.8. The number of halogens is 1. The third-order valence-electron chi connectivity index (χ3n) is 5.11. The van der Waals surface area contributed by atoms with Crippen LogP contribution in [-0.4, -0.2) is 33.7 Å². The quantitative estimate of drug-likeness (QED) is 0.417. The van der Waals surface area contributed by atoms with Crippen LogP contribution in [0.15, 0.2) is 81.1 Å². The van der Waals surface area contributed by atoms with Gasteiger partial charge in [0.25, 0.3) is 0 Å². The summed E-state index contributed by atoms with van der Waals surface area (Å²) in [5, 5.41) is 2.65. The lowest BCUT2D eigenvalue weighted by molar-refractivity contribution is 0.171. The van der Waals surface area contributed by atoms with Gasteiger partial charge in [-0.05, 0) is 60.7 Å². The molecule has 1 N–H and O–H groups in total. The van der Waals surface area contributed by atoms with Crippen molar-refractivity contribution in [2.24, 2.45) is 0 Å². The van der Waals surface area contributed by atoms with Crippen LogP contribution < -0.4 is 19.5 Å². The van der Waals surface area contributed by atoms with Gasteiger partial charge in [-0.1, -0.05) is 0 Å². The first-order valence-corrected chi connectivity index (χ1v) is 11.7. The van der Waals surface area contributed by atoms with Gasteiger partial charge in [-0.3, -0.25) is 0 Å². The maximum atomic E-state index is 13.6. The van der Waals surface area contributed by atoms with Crippen LogP contribution >= 0.6 is 0 Å². The van der Waals surface area contributed by atoms with E-state index in [-0.39, 0.29) is 21.7 Å². The molecule has 3 aromatic carbocycles. The molecule has 1 aliphatic heterocycles. The third kappa shape index (κ3) is 4.15. The van der Waals surface area contributed by atoms with Crippen LogP contribution in [0.25, 0.3) is 11.5 Å². The summed E-state index contributed by atoms with van der Waals surface area (Å²) in [4.78, 5) is 4.23. The maximum Gasteiger partial charge on any atom is 0.238 e. The Balaban J connectivity index is 1.59. The smallest absolute Gasteiger partial charge is 0.238 e. The van der Waals surface area contributed by atoms with Crippen LogP contribution in [-0.2, 0) is 9.84 Å². The van der Waals surface area contributed by atoms with Crippen molar-refractivity contribution in [2.75, 3.05) is 25.6 Å². The number of anilines is 2. The molecule has 34 heavy (non-hydrogen) atoms. The minimum absolute atomic E-state index is 0.0205. The Labute approximate surface area is 194 Å². The normalized spacial score (nSPS) is 12.9. The summed E-state index contributed by atoms with van der Waals surface area (Å²) in [6.07, 6.45) is 0. The number of ether oxygens (including phenoxy) is 3. The summed E-state index contributed by atoms with van der Waals surface area (Å²) < 4.78 is 62.6. The second kappa shape index (κ2) is 8.71. The summed E-state index contributed by atoms with van der Waals surface area (Å²) in [5.41, 5.74) is 0.976. The highest BCUT2D eigenvalue weighted by atomic mass is 32.2. The Morgan fingerprint density at radius 3 is 2.35 bits per heavy atom. The van der Waals surface area contributed by atoms with Crippen molar-refractivity contribution in [3.63, 3.8) is 0 Å². The molecule has 2 heterocycles. The molecule has 0 saturated carbocycles. The molecule has 5 rings (SSSR count). The van der Waals surface area contributed by atoms with Crippen molar-refractivity contribution in [2.45, 2.75) is 9.92 Å². The van der Waals surface area contributed by atoms with E-state index in [0.717, 1.165) is 0 Å². The molecular weight excluding hydrogens is 463 g/mol. The average molecular weight is 482 g/mol. The topological polar surface area (TPSA) is 99.9 Å². The van der Waals surface area contributed by atoms with Crippen LogP contribution in [0, 0.1) is 5.82 Å². The van der Waals surface area contributed by atoms with Crippen molar-refractivity contribution >= 4 is 21.4 Å². The van der Waals surface area contributed by atoms with Crippen LogP contribution in [0.4, 0.5) is 16.0 Å². The van der Waals surface area contributed by atoms with Gasteiger partial charge < -0.3 is 23.9 Å². The van der Waals surface area contributed by atoms with E-state index >= 15 is 0 Å². The molecule has 0 radical (unpaired) electrons. The van der Waals surface area contributed by atoms with E-state index in [1.807, 2.05) is 0 Å². The number of hydrogen-bond donors (Lipinski definition) is 1. The van der Waals surface area contributed by atoms with Gasteiger partial charge in [-0.2, -0.15) is 4.98 Å². The second-order valence-electron chi connectivity index (χ2n) is 7.32. The van der Waals surface area contributed by atoms with Gasteiger partial charge in [0.2, 0.25) is 26.6 Å². The monoisotopic (exact) mass is 482 g/mol. The van der Waals surface area contributed by atoms with Crippen LogP contribution in [0.3, 0.4) is 0 Å². The van der Waals surface area contributed by atoms with Crippen molar-refractivity contribution in [1.82, 2.24) is 4.98 Å². The van der Waals surface area contributed by atoms with Gasteiger partial charge in [0.15, 0.2) is 11.5 Å². The number of benzene rings is 3. The van der Waals surface area contributed by atoms with Crippen LogP contribution in [0.5, 0.6) is 17.2 Å². The lowest BCUT2D eigenvalue weighted by atomic mass is 10.2. The fourth-order valence-electron chi connectivity index (χ4n) is 3.39. The summed E-state index contributed by atoms with van der Waals surface area (Å²) in [6.45, 7) is 0.707. The van der Waals surface area contributed by atoms with Crippen molar-refractivity contribution < 1.29 is 31.4 Å². The largest absolute Gasteiger partial charge is 0.497 e. The minimum atomic E-state index is -4.13.